The third-order valence-corrected chi connectivity index (χ3v) is 3.92. The molecule has 0 spiro atoms. The standard InChI is InChI=1S/C9H18N2O4S/c1-6(2)10-16(14,15)11-8-4-3-7(5-8)9(12)13/h6-8,10-11H,3-5H2,1-2H3,(H,12,13). The van der Waals surface area contributed by atoms with Gasteiger partial charge in [0.1, 0.15) is 0 Å². The maximum atomic E-state index is 11.5. The Bertz CT molecular complexity index is 353. The Balaban J connectivity index is 2.48. The molecule has 16 heavy (non-hydrogen) atoms. The molecule has 0 bridgehead atoms. The predicted molar refractivity (Wildman–Crippen MR) is 59.1 cm³/mol. The van der Waals surface area contributed by atoms with E-state index in [2.05, 4.69) is 9.44 Å². The van der Waals surface area contributed by atoms with Crippen molar-refractivity contribution in [1.82, 2.24) is 9.44 Å². The van der Waals surface area contributed by atoms with Crippen molar-refractivity contribution in [2.24, 2.45) is 5.92 Å². The summed E-state index contributed by atoms with van der Waals surface area (Å²) >= 11 is 0. The lowest BCUT2D eigenvalue weighted by molar-refractivity contribution is -0.141. The lowest BCUT2D eigenvalue weighted by atomic mass is 10.1. The lowest BCUT2D eigenvalue weighted by Crippen LogP contribution is -2.44. The van der Waals surface area contributed by atoms with Crippen LogP contribution >= 0.6 is 0 Å². The van der Waals surface area contributed by atoms with Crippen molar-refractivity contribution >= 4 is 16.2 Å². The Labute approximate surface area is 95.6 Å². The zero-order valence-corrected chi connectivity index (χ0v) is 10.3. The number of nitrogens with one attached hydrogen (secondary N) is 2. The van der Waals surface area contributed by atoms with Gasteiger partial charge in [-0.05, 0) is 33.1 Å². The number of rotatable bonds is 5. The van der Waals surface area contributed by atoms with Gasteiger partial charge in [0, 0.05) is 12.1 Å². The number of carboxylic acids is 1. The van der Waals surface area contributed by atoms with Crippen LogP contribution in [0, 0.1) is 5.92 Å². The SMILES string of the molecule is CC(C)NS(=O)(=O)NC1CCC(C(=O)O)C1. The molecule has 0 amide bonds. The third-order valence-electron chi connectivity index (χ3n) is 2.49. The zero-order valence-electron chi connectivity index (χ0n) is 9.43. The first-order valence-corrected chi connectivity index (χ1v) is 6.81. The molecule has 0 saturated heterocycles. The predicted octanol–water partition coefficient (Wildman–Crippen LogP) is 0.0721. The van der Waals surface area contributed by atoms with Crippen molar-refractivity contribution in [3.63, 3.8) is 0 Å². The van der Waals surface area contributed by atoms with Crippen LogP contribution in [-0.2, 0) is 15.0 Å². The molecule has 0 aromatic carbocycles. The summed E-state index contributed by atoms with van der Waals surface area (Å²) in [5, 5.41) is 8.78. The van der Waals surface area contributed by atoms with Crippen LogP contribution in [0.2, 0.25) is 0 Å². The van der Waals surface area contributed by atoms with E-state index in [-0.39, 0.29) is 12.1 Å². The van der Waals surface area contributed by atoms with Crippen molar-refractivity contribution in [2.75, 3.05) is 0 Å². The number of aliphatic carboxylic acids is 1. The van der Waals surface area contributed by atoms with Crippen LogP contribution in [-0.4, -0.2) is 31.6 Å². The Morgan fingerprint density at radius 2 is 2.00 bits per heavy atom. The summed E-state index contributed by atoms with van der Waals surface area (Å²) in [4.78, 5) is 10.7. The van der Waals surface area contributed by atoms with Crippen molar-refractivity contribution in [3.8, 4) is 0 Å². The minimum absolute atomic E-state index is 0.172. The fraction of sp³-hybridized carbons (Fsp3) is 0.889. The van der Waals surface area contributed by atoms with E-state index in [1.54, 1.807) is 13.8 Å². The molecule has 2 unspecified atom stereocenters. The Kier molecular flexibility index (Phi) is 4.28. The number of carboxylic acid groups (broad SMARTS) is 1. The van der Waals surface area contributed by atoms with E-state index >= 15 is 0 Å². The van der Waals surface area contributed by atoms with Gasteiger partial charge in [-0.2, -0.15) is 17.9 Å². The second kappa shape index (κ2) is 5.11. The molecule has 1 aliphatic rings. The lowest BCUT2D eigenvalue weighted by Gasteiger charge is -2.15. The summed E-state index contributed by atoms with van der Waals surface area (Å²) in [5.41, 5.74) is 0. The highest BCUT2D eigenvalue weighted by Gasteiger charge is 2.31. The first kappa shape index (κ1) is 13.4. The summed E-state index contributed by atoms with van der Waals surface area (Å²) in [7, 11) is -3.51. The van der Waals surface area contributed by atoms with Gasteiger partial charge in [-0.1, -0.05) is 0 Å². The van der Waals surface area contributed by atoms with Gasteiger partial charge >= 0.3 is 5.97 Å². The van der Waals surface area contributed by atoms with Crippen LogP contribution in [0.4, 0.5) is 0 Å². The molecule has 6 nitrogen and oxygen atoms in total. The molecule has 0 aromatic heterocycles. The summed E-state index contributed by atoms with van der Waals surface area (Å²) in [6.45, 7) is 3.46. The van der Waals surface area contributed by atoms with Crippen LogP contribution in [0.5, 0.6) is 0 Å². The monoisotopic (exact) mass is 250 g/mol. The molecule has 0 aromatic rings. The summed E-state index contributed by atoms with van der Waals surface area (Å²) < 4.78 is 27.9. The molecular weight excluding hydrogens is 232 g/mol. The Morgan fingerprint density at radius 1 is 1.38 bits per heavy atom. The van der Waals surface area contributed by atoms with Crippen LogP contribution in [0.25, 0.3) is 0 Å². The van der Waals surface area contributed by atoms with Crippen LogP contribution in [0.15, 0.2) is 0 Å². The van der Waals surface area contributed by atoms with E-state index in [9.17, 15) is 13.2 Å². The first-order valence-electron chi connectivity index (χ1n) is 5.32. The van der Waals surface area contributed by atoms with Crippen LogP contribution < -0.4 is 9.44 Å². The number of carbonyl (C=O) groups is 1. The van der Waals surface area contributed by atoms with Crippen molar-refractivity contribution in [1.29, 1.82) is 0 Å². The Hall–Kier alpha value is -0.660. The molecule has 0 radical (unpaired) electrons. The molecule has 94 valence electrons. The highest BCUT2D eigenvalue weighted by atomic mass is 32.2. The first-order chi connectivity index (χ1) is 7.30. The molecule has 3 N–H and O–H groups in total. The van der Waals surface area contributed by atoms with E-state index in [1.807, 2.05) is 0 Å². The van der Waals surface area contributed by atoms with E-state index in [1.165, 1.54) is 0 Å². The number of hydrogen-bond donors (Lipinski definition) is 3. The van der Waals surface area contributed by atoms with Gasteiger partial charge in [-0.3, -0.25) is 4.79 Å². The number of hydrogen-bond acceptors (Lipinski definition) is 3. The maximum Gasteiger partial charge on any atom is 0.306 e. The smallest absolute Gasteiger partial charge is 0.306 e. The summed E-state index contributed by atoms with van der Waals surface area (Å²) in [6, 6.07) is -0.438. The Morgan fingerprint density at radius 3 is 2.44 bits per heavy atom. The van der Waals surface area contributed by atoms with E-state index in [0.717, 1.165) is 0 Å². The highest BCUT2D eigenvalue weighted by molar-refractivity contribution is 7.87. The van der Waals surface area contributed by atoms with E-state index < -0.39 is 22.1 Å². The molecule has 7 heteroatoms. The van der Waals surface area contributed by atoms with Gasteiger partial charge < -0.3 is 5.11 Å². The molecule has 1 fully saturated rings. The van der Waals surface area contributed by atoms with Crippen LogP contribution in [0.1, 0.15) is 33.1 Å². The topological polar surface area (TPSA) is 95.5 Å². The molecular formula is C9H18N2O4S. The van der Waals surface area contributed by atoms with Gasteiger partial charge in [0.05, 0.1) is 5.92 Å². The van der Waals surface area contributed by atoms with Crippen molar-refractivity contribution in [2.45, 2.75) is 45.2 Å². The fourth-order valence-corrected chi connectivity index (χ4v) is 3.22. The van der Waals surface area contributed by atoms with Crippen molar-refractivity contribution < 1.29 is 18.3 Å². The van der Waals surface area contributed by atoms with Crippen LogP contribution in [0.3, 0.4) is 0 Å². The van der Waals surface area contributed by atoms with Gasteiger partial charge in [0.25, 0.3) is 10.2 Å². The third kappa shape index (κ3) is 4.07. The minimum Gasteiger partial charge on any atom is -0.481 e. The minimum atomic E-state index is -3.51. The van der Waals surface area contributed by atoms with Gasteiger partial charge in [0.2, 0.25) is 0 Å². The largest absolute Gasteiger partial charge is 0.481 e. The average molecular weight is 250 g/mol. The average Bonchev–Trinajstić information content (AvgIpc) is 2.48. The van der Waals surface area contributed by atoms with Crippen molar-refractivity contribution in [3.05, 3.63) is 0 Å². The van der Waals surface area contributed by atoms with Gasteiger partial charge in [-0.15, -0.1) is 0 Å². The molecule has 2 atom stereocenters. The quantitative estimate of drug-likeness (QED) is 0.643. The summed E-state index contributed by atoms with van der Waals surface area (Å²) in [5.74, 6) is -1.27. The highest BCUT2D eigenvalue weighted by Crippen LogP contribution is 2.25. The second-order valence-electron chi connectivity index (χ2n) is 4.44. The maximum absolute atomic E-state index is 11.5. The van der Waals surface area contributed by atoms with E-state index in [4.69, 9.17) is 5.11 Å². The molecule has 0 heterocycles. The molecule has 1 aliphatic carbocycles. The van der Waals surface area contributed by atoms with E-state index in [0.29, 0.717) is 19.3 Å². The molecule has 1 saturated carbocycles. The normalized spacial score (nSPS) is 26.2. The zero-order chi connectivity index (χ0) is 12.3. The van der Waals surface area contributed by atoms with Gasteiger partial charge in [0.15, 0.2) is 0 Å². The molecule has 0 aliphatic heterocycles. The van der Waals surface area contributed by atoms with Gasteiger partial charge in [-0.25, -0.2) is 0 Å². The fourth-order valence-electron chi connectivity index (χ4n) is 1.88. The summed E-state index contributed by atoms with van der Waals surface area (Å²) in [6.07, 6.45) is 1.48. The second-order valence-corrected chi connectivity index (χ2v) is 5.92. The molecule has 1 rings (SSSR count).